The Bertz CT molecular complexity index is 849. The van der Waals surface area contributed by atoms with Crippen LogP contribution in [-0.4, -0.2) is 54.6 Å². The van der Waals surface area contributed by atoms with Gasteiger partial charge in [-0.05, 0) is 45.9 Å². The molecule has 1 aromatic rings. The van der Waals surface area contributed by atoms with Crippen LogP contribution in [0.25, 0.3) is 6.08 Å². The van der Waals surface area contributed by atoms with Crippen LogP contribution in [-0.2, 0) is 18.9 Å². The number of hydrogen-bond donors (Lipinski definition) is 0. The number of rotatable bonds is 4. The molecule has 0 bridgehead atoms. The Kier molecular flexibility index (Phi) is 4.81. The topological polar surface area (TPSA) is 98.5 Å². The Morgan fingerprint density at radius 1 is 1.10 bits per heavy atom. The molecule has 0 amide bonds. The standard InChI is InChI=1S/C20H25NO8/c1-19(2)25-10-15(27-19)17-18(29-20(3,4)28-17)16-13(21(22)23)9-11-8-12(24-5)6-7-14(11)26-16/h6-9,15-18H,10H2,1-5H3/t15-,16-,17+,18-/m0/s1. The van der Waals surface area contributed by atoms with Gasteiger partial charge in [0.05, 0.1) is 18.6 Å². The second kappa shape index (κ2) is 6.94. The molecular weight excluding hydrogens is 382 g/mol. The molecular formula is C20H25NO8. The summed E-state index contributed by atoms with van der Waals surface area (Å²) in [4.78, 5) is 11.4. The van der Waals surface area contributed by atoms with E-state index in [4.69, 9.17) is 28.4 Å². The van der Waals surface area contributed by atoms with E-state index in [1.807, 2.05) is 13.8 Å². The van der Waals surface area contributed by atoms with E-state index in [1.54, 1.807) is 32.0 Å². The van der Waals surface area contributed by atoms with Crippen molar-refractivity contribution in [1.82, 2.24) is 0 Å². The fraction of sp³-hybridized carbons (Fsp3) is 0.600. The Morgan fingerprint density at radius 2 is 1.83 bits per heavy atom. The number of nitro groups is 1. The monoisotopic (exact) mass is 407 g/mol. The summed E-state index contributed by atoms with van der Waals surface area (Å²) >= 11 is 0. The predicted octanol–water partition coefficient (Wildman–Crippen LogP) is 2.75. The maximum atomic E-state index is 11.9. The summed E-state index contributed by atoms with van der Waals surface area (Å²) < 4.78 is 35.0. The van der Waals surface area contributed by atoms with Crippen molar-refractivity contribution in [1.29, 1.82) is 0 Å². The first-order valence-electron chi connectivity index (χ1n) is 9.47. The third kappa shape index (κ3) is 3.83. The molecule has 3 heterocycles. The molecule has 4 rings (SSSR count). The fourth-order valence-corrected chi connectivity index (χ4v) is 3.92. The van der Waals surface area contributed by atoms with Gasteiger partial charge in [0, 0.05) is 11.6 Å². The molecule has 2 saturated heterocycles. The summed E-state index contributed by atoms with van der Waals surface area (Å²) in [7, 11) is 1.54. The molecule has 4 atom stereocenters. The SMILES string of the molecule is COc1ccc2c(c1)C=C([N+](=O)[O-])[C@@H]([C@@H]1OC(C)(C)O[C@@H]1[C@@H]1COC(C)(C)O1)O2. The van der Waals surface area contributed by atoms with E-state index >= 15 is 0 Å². The average molecular weight is 407 g/mol. The fourth-order valence-electron chi connectivity index (χ4n) is 3.92. The van der Waals surface area contributed by atoms with Gasteiger partial charge in [0.15, 0.2) is 11.6 Å². The number of hydrogen-bond acceptors (Lipinski definition) is 8. The van der Waals surface area contributed by atoms with Gasteiger partial charge in [0.25, 0.3) is 5.70 Å². The lowest BCUT2D eigenvalue weighted by molar-refractivity contribution is -0.436. The lowest BCUT2D eigenvalue weighted by Crippen LogP contribution is -2.48. The Hall–Kier alpha value is -2.20. The van der Waals surface area contributed by atoms with Gasteiger partial charge in [-0.3, -0.25) is 10.1 Å². The minimum Gasteiger partial charge on any atom is -0.497 e. The molecule has 0 aliphatic carbocycles. The molecule has 9 heteroatoms. The van der Waals surface area contributed by atoms with Crippen LogP contribution in [0.5, 0.6) is 11.5 Å². The number of nitrogens with zero attached hydrogens (tertiary/aromatic N) is 1. The second-order valence-corrected chi connectivity index (χ2v) is 8.20. The summed E-state index contributed by atoms with van der Waals surface area (Å²) in [5.41, 5.74) is 0.462. The zero-order valence-corrected chi connectivity index (χ0v) is 17.0. The highest BCUT2D eigenvalue weighted by atomic mass is 16.8. The van der Waals surface area contributed by atoms with Crippen LogP contribution in [0.15, 0.2) is 23.9 Å². The number of benzene rings is 1. The molecule has 3 aliphatic heterocycles. The first-order valence-corrected chi connectivity index (χ1v) is 9.47. The zero-order valence-electron chi connectivity index (χ0n) is 17.0. The van der Waals surface area contributed by atoms with E-state index in [0.717, 1.165) is 0 Å². The van der Waals surface area contributed by atoms with Crippen molar-refractivity contribution in [3.8, 4) is 11.5 Å². The molecule has 0 aromatic heterocycles. The highest BCUT2D eigenvalue weighted by molar-refractivity contribution is 5.63. The Morgan fingerprint density at radius 3 is 2.45 bits per heavy atom. The summed E-state index contributed by atoms with van der Waals surface area (Å²) in [6.07, 6.45) is -1.26. The molecule has 0 N–H and O–H groups in total. The Labute approximate surface area is 168 Å². The maximum Gasteiger partial charge on any atom is 0.290 e. The van der Waals surface area contributed by atoms with Crippen molar-refractivity contribution in [3.63, 3.8) is 0 Å². The molecule has 9 nitrogen and oxygen atoms in total. The van der Waals surface area contributed by atoms with Crippen LogP contribution in [0.1, 0.15) is 33.3 Å². The summed E-state index contributed by atoms with van der Waals surface area (Å²) in [5.74, 6) is -0.610. The first-order chi connectivity index (χ1) is 13.6. The van der Waals surface area contributed by atoms with Gasteiger partial charge >= 0.3 is 0 Å². The van der Waals surface area contributed by atoms with Crippen molar-refractivity contribution in [3.05, 3.63) is 39.6 Å². The molecule has 0 spiro atoms. The molecule has 2 fully saturated rings. The van der Waals surface area contributed by atoms with E-state index in [0.29, 0.717) is 23.7 Å². The molecule has 29 heavy (non-hydrogen) atoms. The lowest BCUT2D eigenvalue weighted by atomic mass is 9.97. The summed E-state index contributed by atoms with van der Waals surface area (Å²) in [6.45, 7) is 7.44. The molecule has 1 aromatic carbocycles. The summed E-state index contributed by atoms with van der Waals surface area (Å²) in [5, 5.41) is 11.9. The van der Waals surface area contributed by atoms with Crippen LogP contribution in [0.4, 0.5) is 0 Å². The zero-order chi connectivity index (χ0) is 21.0. The molecule has 0 saturated carbocycles. The second-order valence-electron chi connectivity index (χ2n) is 8.20. The number of ether oxygens (including phenoxy) is 6. The van der Waals surface area contributed by atoms with Crippen molar-refractivity contribution < 1.29 is 33.3 Å². The van der Waals surface area contributed by atoms with Gasteiger partial charge in [0.1, 0.15) is 29.8 Å². The highest BCUT2D eigenvalue weighted by Gasteiger charge is 2.56. The number of methoxy groups -OCH3 is 1. The molecule has 0 radical (unpaired) electrons. The van der Waals surface area contributed by atoms with E-state index in [1.165, 1.54) is 13.2 Å². The van der Waals surface area contributed by atoms with Gasteiger partial charge in [-0.15, -0.1) is 0 Å². The predicted molar refractivity (Wildman–Crippen MR) is 101 cm³/mol. The third-order valence-electron chi connectivity index (χ3n) is 5.14. The lowest BCUT2D eigenvalue weighted by Gasteiger charge is -2.30. The Balaban J connectivity index is 1.68. The van der Waals surface area contributed by atoms with Gasteiger partial charge in [0.2, 0.25) is 6.10 Å². The molecule has 0 unspecified atom stereocenters. The van der Waals surface area contributed by atoms with Crippen LogP contribution < -0.4 is 9.47 Å². The molecule has 158 valence electrons. The van der Waals surface area contributed by atoms with Crippen molar-refractivity contribution >= 4 is 6.08 Å². The van der Waals surface area contributed by atoms with Gasteiger partial charge in [-0.1, -0.05) is 0 Å². The highest BCUT2D eigenvalue weighted by Crippen LogP contribution is 2.42. The minimum absolute atomic E-state index is 0.111. The average Bonchev–Trinajstić information content (AvgIpc) is 3.18. The largest absolute Gasteiger partial charge is 0.497 e. The molecule has 3 aliphatic rings. The van der Waals surface area contributed by atoms with Gasteiger partial charge in [-0.2, -0.15) is 0 Å². The van der Waals surface area contributed by atoms with Crippen LogP contribution in [0.2, 0.25) is 0 Å². The van der Waals surface area contributed by atoms with Crippen LogP contribution >= 0.6 is 0 Å². The normalized spacial score (nSPS) is 32.2. The smallest absolute Gasteiger partial charge is 0.290 e. The maximum absolute atomic E-state index is 11.9. The quantitative estimate of drug-likeness (QED) is 0.555. The van der Waals surface area contributed by atoms with Crippen molar-refractivity contribution in [2.75, 3.05) is 13.7 Å². The van der Waals surface area contributed by atoms with Gasteiger partial charge in [-0.25, -0.2) is 0 Å². The van der Waals surface area contributed by atoms with E-state index in [2.05, 4.69) is 0 Å². The number of fused-ring (bicyclic) bond motifs is 1. The van der Waals surface area contributed by atoms with E-state index < -0.39 is 40.9 Å². The van der Waals surface area contributed by atoms with Crippen molar-refractivity contribution in [2.24, 2.45) is 0 Å². The van der Waals surface area contributed by atoms with Crippen LogP contribution in [0, 0.1) is 10.1 Å². The van der Waals surface area contributed by atoms with Crippen LogP contribution in [0.3, 0.4) is 0 Å². The van der Waals surface area contributed by atoms with Crippen molar-refractivity contribution in [2.45, 2.75) is 63.7 Å². The van der Waals surface area contributed by atoms with E-state index in [-0.39, 0.29) is 5.70 Å². The first kappa shape index (κ1) is 20.1. The minimum atomic E-state index is -0.968. The van der Waals surface area contributed by atoms with Gasteiger partial charge < -0.3 is 28.4 Å². The summed E-state index contributed by atoms with van der Waals surface area (Å²) in [6, 6.07) is 5.16. The third-order valence-corrected chi connectivity index (χ3v) is 5.14. The van der Waals surface area contributed by atoms with E-state index in [9.17, 15) is 10.1 Å².